The summed E-state index contributed by atoms with van der Waals surface area (Å²) in [5.74, 6) is -12.7. The van der Waals surface area contributed by atoms with Gasteiger partial charge in [0.2, 0.25) is 29.5 Å². The van der Waals surface area contributed by atoms with Gasteiger partial charge in [-0.3, -0.25) is 38.6 Å². The van der Waals surface area contributed by atoms with Crippen molar-refractivity contribution in [3.8, 4) is 0 Å². The summed E-state index contributed by atoms with van der Waals surface area (Å²) in [4.78, 5) is 121. The number of hydrogen-bond donors (Lipinski definition) is 11. The number of ether oxygens (including phenoxy) is 1. The molecule has 0 aliphatic rings. The number of amides is 6. The standard InChI is InChI=1S/C49H76N10O13/c1-26(2)23-37(45(66)58-40(48(70)71)30(6)42(63)56-36(47(68)69)17-14-22-53-49(51)52)57-43(64)31(7)54-44(65)32(8)59(9)46(67)35(20-21-39(60)61)55-41(62)29(5)34(50)19-18-27(3)24-28(4)38(72-10)25-33-15-12-11-13-16-33/h11-13,15-16,18-19,24,26,28-31,34-38,40H,8,14,17,20-23,25,50H2,1-7,9-10H3,(H,54,65)(H,55,62)(H,56,63)(H,57,64)(H,58,66)(H,60,61)(H,68,69)(H,70,71)(H4,51,52,53)/t28-,29-,30-,31+,34-,35+,36-,37-,38-,40+/m0/s1. The molecular formula is C49H76N10O13. The molecule has 0 aliphatic carbocycles. The van der Waals surface area contributed by atoms with E-state index in [0.717, 1.165) is 23.1 Å². The zero-order valence-corrected chi connectivity index (χ0v) is 42.7. The second kappa shape index (κ2) is 31.2. The van der Waals surface area contributed by atoms with E-state index < -0.39 is 114 Å². The molecule has 0 spiro atoms. The lowest BCUT2D eigenvalue weighted by molar-refractivity contribution is -0.147. The minimum absolute atomic E-state index is 0.0254. The van der Waals surface area contributed by atoms with Crippen LogP contribution in [-0.2, 0) is 54.3 Å². The van der Waals surface area contributed by atoms with Crippen molar-refractivity contribution in [2.45, 2.75) is 129 Å². The maximum Gasteiger partial charge on any atom is 0.327 e. The number of hydrogen-bond acceptors (Lipinski definition) is 12. The highest BCUT2D eigenvalue weighted by atomic mass is 16.5. The molecule has 1 aromatic carbocycles. The fourth-order valence-electron chi connectivity index (χ4n) is 7.07. The smallest absolute Gasteiger partial charge is 0.327 e. The van der Waals surface area contributed by atoms with Gasteiger partial charge in [0, 0.05) is 39.1 Å². The highest BCUT2D eigenvalue weighted by Crippen LogP contribution is 2.18. The summed E-state index contributed by atoms with van der Waals surface area (Å²) in [5, 5.41) is 40.9. The minimum Gasteiger partial charge on any atom is -0.481 e. The van der Waals surface area contributed by atoms with Crippen molar-refractivity contribution in [1.82, 2.24) is 31.5 Å². The van der Waals surface area contributed by atoms with Crippen LogP contribution in [0.15, 0.2) is 71.4 Å². The number of aliphatic carboxylic acids is 3. The van der Waals surface area contributed by atoms with E-state index in [1.54, 1.807) is 33.1 Å². The number of allylic oxidation sites excluding steroid dienone is 2. The van der Waals surface area contributed by atoms with Crippen molar-refractivity contribution in [3.05, 3.63) is 72.0 Å². The number of nitrogens with zero attached hydrogens (tertiary/aromatic N) is 2. The van der Waals surface area contributed by atoms with Crippen LogP contribution in [-0.4, -0.2) is 143 Å². The summed E-state index contributed by atoms with van der Waals surface area (Å²) in [6, 6.07) is 1.56. The molecule has 0 bridgehead atoms. The van der Waals surface area contributed by atoms with Crippen molar-refractivity contribution in [3.63, 3.8) is 0 Å². The molecule has 10 atom stereocenters. The number of nitrogens with two attached hydrogens (primary N) is 3. The van der Waals surface area contributed by atoms with Gasteiger partial charge in [0.25, 0.3) is 5.91 Å². The number of aliphatic imine (C=N–C) groups is 1. The third-order valence-corrected chi connectivity index (χ3v) is 11.6. The summed E-state index contributed by atoms with van der Waals surface area (Å²) in [6.07, 6.45) is 5.17. The molecule has 0 fully saturated rings. The average Bonchev–Trinajstić information content (AvgIpc) is 3.31. The van der Waals surface area contributed by atoms with Gasteiger partial charge in [-0.05, 0) is 57.4 Å². The van der Waals surface area contributed by atoms with Crippen molar-refractivity contribution in [2.24, 2.45) is 45.9 Å². The van der Waals surface area contributed by atoms with Crippen LogP contribution in [0.25, 0.3) is 0 Å². The van der Waals surface area contributed by atoms with E-state index in [9.17, 15) is 58.5 Å². The minimum atomic E-state index is -1.87. The summed E-state index contributed by atoms with van der Waals surface area (Å²) in [6.45, 7) is 15.0. The number of rotatable bonds is 32. The Labute approximate surface area is 420 Å². The van der Waals surface area contributed by atoms with Crippen molar-refractivity contribution < 1.29 is 63.2 Å². The van der Waals surface area contributed by atoms with E-state index in [0.29, 0.717) is 6.42 Å². The molecule has 0 aromatic heterocycles. The van der Waals surface area contributed by atoms with Gasteiger partial charge in [-0.1, -0.05) is 95.3 Å². The molecule has 72 heavy (non-hydrogen) atoms. The number of carbonyl (C=O) groups is 9. The molecule has 1 aromatic rings. The van der Waals surface area contributed by atoms with Crippen LogP contribution in [0.4, 0.5) is 0 Å². The Bertz CT molecular complexity index is 2140. The van der Waals surface area contributed by atoms with Crippen LogP contribution in [0.3, 0.4) is 0 Å². The van der Waals surface area contributed by atoms with Crippen LogP contribution in [0, 0.1) is 23.7 Å². The number of carbonyl (C=O) groups excluding carboxylic acids is 6. The van der Waals surface area contributed by atoms with E-state index in [1.807, 2.05) is 50.3 Å². The Morgan fingerprint density at radius 1 is 0.778 bits per heavy atom. The second-order valence-electron chi connectivity index (χ2n) is 18.1. The zero-order valence-electron chi connectivity index (χ0n) is 42.7. The van der Waals surface area contributed by atoms with Crippen molar-refractivity contribution in [1.29, 1.82) is 0 Å². The first-order valence-electron chi connectivity index (χ1n) is 23.5. The lowest BCUT2D eigenvalue weighted by atomic mass is 9.95. The molecule has 23 nitrogen and oxygen atoms in total. The van der Waals surface area contributed by atoms with Gasteiger partial charge in [0.1, 0.15) is 35.9 Å². The van der Waals surface area contributed by atoms with Gasteiger partial charge in [-0.2, -0.15) is 0 Å². The summed E-state index contributed by atoms with van der Waals surface area (Å²) in [5.41, 5.74) is 18.4. The largest absolute Gasteiger partial charge is 0.481 e. The average molecular weight is 1010 g/mol. The zero-order chi connectivity index (χ0) is 55.0. The predicted molar refractivity (Wildman–Crippen MR) is 268 cm³/mol. The lowest BCUT2D eigenvalue weighted by Gasteiger charge is -2.28. The van der Waals surface area contributed by atoms with Crippen LogP contribution < -0.4 is 43.8 Å². The first kappa shape index (κ1) is 62.9. The Hall–Kier alpha value is -7.14. The number of carboxylic acids is 3. The fraction of sp³-hybridized carbons (Fsp3) is 0.551. The summed E-state index contributed by atoms with van der Waals surface area (Å²) < 4.78 is 5.74. The second-order valence-corrected chi connectivity index (χ2v) is 18.1. The Kier molecular flexibility index (Phi) is 27.3. The van der Waals surface area contributed by atoms with Gasteiger partial charge >= 0.3 is 17.9 Å². The Morgan fingerprint density at radius 2 is 1.36 bits per heavy atom. The van der Waals surface area contributed by atoms with Crippen molar-refractivity contribution >= 4 is 59.3 Å². The van der Waals surface area contributed by atoms with Crippen molar-refractivity contribution in [2.75, 3.05) is 20.7 Å². The van der Waals surface area contributed by atoms with Crippen LogP contribution in [0.2, 0.25) is 0 Å². The third kappa shape index (κ3) is 22.3. The Balaban J connectivity index is 3.07. The molecule has 0 aliphatic heterocycles. The number of methoxy groups -OCH3 is 1. The van der Waals surface area contributed by atoms with E-state index in [-0.39, 0.29) is 56.1 Å². The molecule has 6 amide bonds. The molecule has 23 heteroatoms. The molecular weight excluding hydrogens is 937 g/mol. The van der Waals surface area contributed by atoms with E-state index in [1.165, 1.54) is 20.8 Å². The van der Waals surface area contributed by atoms with Gasteiger partial charge in [0.05, 0.1) is 17.9 Å². The Morgan fingerprint density at radius 3 is 1.90 bits per heavy atom. The highest BCUT2D eigenvalue weighted by Gasteiger charge is 2.37. The maximum absolute atomic E-state index is 13.8. The van der Waals surface area contributed by atoms with Gasteiger partial charge in [-0.15, -0.1) is 0 Å². The van der Waals surface area contributed by atoms with Crippen LogP contribution in [0.5, 0.6) is 0 Å². The van der Waals surface area contributed by atoms with Gasteiger partial charge < -0.3 is 68.7 Å². The molecule has 14 N–H and O–H groups in total. The SMILES string of the molecule is C=C(C(=O)N[C@H](C)C(=O)N[C@@H](CC(C)C)C(=O)N[C@@H](C(=O)O)[C@H](C)C(=O)N[C@@H](CCCN=C(N)N)C(=O)O)N(C)C(=O)[C@@H](CCC(=O)O)NC(=O)[C@@H](C)[C@@H](N)C=CC(C)=C[C@H](C)[C@H](Cc1ccccc1)OC. The monoisotopic (exact) mass is 1010 g/mol. The van der Waals surface area contributed by atoms with Gasteiger partial charge in [-0.25, -0.2) is 9.59 Å². The van der Waals surface area contributed by atoms with E-state index in [2.05, 4.69) is 38.2 Å². The fourth-order valence-corrected chi connectivity index (χ4v) is 7.07. The first-order chi connectivity index (χ1) is 33.6. The number of guanidine groups is 1. The summed E-state index contributed by atoms with van der Waals surface area (Å²) >= 11 is 0. The maximum atomic E-state index is 13.8. The summed E-state index contributed by atoms with van der Waals surface area (Å²) in [7, 11) is 2.82. The first-order valence-corrected chi connectivity index (χ1v) is 23.5. The van der Waals surface area contributed by atoms with Gasteiger partial charge in [0.15, 0.2) is 5.96 Å². The normalized spacial score (nSPS) is 15.7. The molecule has 1 rings (SSSR count). The number of nitrogens with one attached hydrogen (secondary N) is 5. The van der Waals surface area contributed by atoms with Crippen LogP contribution in [0.1, 0.15) is 86.1 Å². The number of likely N-dealkylation sites (N-methyl/N-ethyl adjacent to an activating group) is 1. The lowest BCUT2D eigenvalue weighted by Crippen LogP contribution is -2.58. The van der Waals surface area contributed by atoms with E-state index >= 15 is 0 Å². The molecule has 0 unspecified atom stereocenters. The molecule has 0 saturated carbocycles. The molecule has 0 saturated heterocycles. The van der Waals surface area contributed by atoms with E-state index in [4.69, 9.17) is 21.9 Å². The third-order valence-electron chi connectivity index (χ3n) is 11.6. The van der Waals surface area contributed by atoms with Crippen LogP contribution >= 0.6 is 0 Å². The molecule has 0 heterocycles. The number of benzene rings is 1. The quantitative estimate of drug-likeness (QED) is 0.0154. The number of carboxylic acid groups (broad SMARTS) is 3. The highest BCUT2D eigenvalue weighted by molar-refractivity contribution is 6.01. The molecule has 400 valence electrons. The molecule has 0 radical (unpaired) electrons. The predicted octanol–water partition coefficient (Wildman–Crippen LogP) is 0.532. The topological polar surface area (TPSA) is 377 Å².